The minimum Gasteiger partial charge on any atom is -0.464 e. The number of aromatic nitrogens is 1. The van der Waals surface area contributed by atoms with Crippen molar-refractivity contribution < 1.29 is 9.53 Å². The number of nitrogens with zero attached hydrogens (tertiary/aromatic N) is 1. The van der Waals surface area contributed by atoms with E-state index in [1.165, 1.54) is 10.6 Å². The fraction of sp³-hybridized carbons (Fsp3) is 0.250. The number of aryl methyl sites for hydroxylation is 1. The highest BCUT2D eigenvalue weighted by Gasteiger charge is 2.22. The lowest BCUT2D eigenvalue weighted by molar-refractivity contribution is -0.144. The molecule has 2 aromatic rings. The number of carbonyl (C=O) groups is 1. The Labute approximate surface area is 143 Å². The first-order valence-corrected chi connectivity index (χ1v) is 7.72. The van der Waals surface area contributed by atoms with Crippen LogP contribution in [0, 0.1) is 0 Å². The van der Waals surface area contributed by atoms with Gasteiger partial charge < -0.3 is 14.6 Å². The molecule has 0 aliphatic carbocycles. The predicted molar refractivity (Wildman–Crippen MR) is 91.1 cm³/mol. The molecule has 1 aromatic heterocycles. The molecule has 0 fully saturated rings. The van der Waals surface area contributed by atoms with E-state index in [1.54, 1.807) is 44.4 Å². The van der Waals surface area contributed by atoms with E-state index in [1.807, 2.05) is 0 Å². The summed E-state index contributed by atoms with van der Waals surface area (Å²) >= 11 is 11.8. The normalized spacial score (nSPS) is 11.8. The second kappa shape index (κ2) is 7.53. The van der Waals surface area contributed by atoms with Gasteiger partial charge in [0.1, 0.15) is 5.02 Å². The number of esters is 1. The molecule has 0 spiro atoms. The lowest BCUT2D eigenvalue weighted by atomic mass is 10.1. The number of halogens is 2. The van der Waals surface area contributed by atoms with E-state index in [2.05, 4.69) is 5.32 Å². The summed E-state index contributed by atoms with van der Waals surface area (Å²) in [6.45, 7) is 2.00. The van der Waals surface area contributed by atoms with Crippen LogP contribution in [0.15, 0.2) is 41.3 Å². The Hall–Kier alpha value is -1.98. The molecule has 0 aliphatic rings. The van der Waals surface area contributed by atoms with Crippen molar-refractivity contribution in [2.24, 2.45) is 7.05 Å². The van der Waals surface area contributed by atoms with Gasteiger partial charge in [-0.2, -0.15) is 0 Å². The van der Waals surface area contributed by atoms with Crippen LogP contribution < -0.4 is 10.9 Å². The third-order valence-corrected chi connectivity index (χ3v) is 3.70. The summed E-state index contributed by atoms with van der Waals surface area (Å²) in [6.07, 6.45) is 1.57. The van der Waals surface area contributed by atoms with Crippen LogP contribution in [0.5, 0.6) is 0 Å². The van der Waals surface area contributed by atoms with Crippen molar-refractivity contribution in [2.75, 3.05) is 11.9 Å². The Morgan fingerprint density at radius 1 is 1.30 bits per heavy atom. The van der Waals surface area contributed by atoms with Crippen molar-refractivity contribution in [1.82, 2.24) is 4.57 Å². The summed E-state index contributed by atoms with van der Waals surface area (Å²) in [5.74, 6) is -0.431. The number of pyridine rings is 1. The molecule has 2 rings (SSSR count). The number of carbonyl (C=O) groups excluding carboxylic acids is 1. The van der Waals surface area contributed by atoms with E-state index < -0.39 is 12.0 Å². The number of nitrogens with one attached hydrogen (secondary N) is 1. The Balaban J connectivity index is 2.36. The summed E-state index contributed by atoms with van der Waals surface area (Å²) in [4.78, 5) is 23.9. The zero-order valence-corrected chi connectivity index (χ0v) is 14.2. The van der Waals surface area contributed by atoms with Gasteiger partial charge in [0, 0.05) is 18.3 Å². The fourth-order valence-corrected chi connectivity index (χ4v) is 2.45. The second-order valence-electron chi connectivity index (χ2n) is 4.87. The third-order valence-electron chi connectivity index (χ3n) is 3.18. The van der Waals surface area contributed by atoms with Gasteiger partial charge in [0.2, 0.25) is 0 Å². The molecular formula is C16H16Cl2N2O3. The van der Waals surface area contributed by atoms with E-state index in [9.17, 15) is 9.59 Å². The first-order valence-electron chi connectivity index (χ1n) is 6.97. The highest BCUT2D eigenvalue weighted by Crippen LogP contribution is 2.23. The number of anilines is 1. The van der Waals surface area contributed by atoms with Crippen LogP contribution in [0.3, 0.4) is 0 Å². The largest absolute Gasteiger partial charge is 0.464 e. The van der Waals surface area contributed by atoms with Gasteiger partial charge in [0.25, 0.3) is 5.56 Å². The van der Waals surface area contributed by atoms with Crippen molar-refractivity contribution in [3.05, 3.63) is 62.5 Å². The molecule has 1 aromatic carbocycles. The van der Waals surface area contributed by atoms with Crippen LogP contribution in [0.4, 0.5) is 5.69 Å². The summed E-state index contributed by atoms with van der Waals surface area (Å²) < 4.78 is 6.45. The van der Waals surface area contributed by atoms with E-state index in [4.69, 9.17) is 27.9 Å². The standard InChI is InChI=1S/C16H16Cl2N2O3/c1-3-23-16(22)14(10-4-6-11(17)7-5-10)19-12-8-13(18)15(21)20(2)9-12/h4-9,14,19H,3H2,1-2H3. The molecular weight excluding hydrogens is 339 g/mol. The number of hydrogen-bond donors (Lipinski definition) is 1. The molecule has 0 radical (unpaired) electrons. The van der Waals surface area contributed by atoms with Crippen LogP contribution in [-0.4, -0.2) is 17.1 Å². The molecule has 7 heteroatoms. The van der Waals surface area contributed by atoms with Crippen LogP contribution >= 0.6 is 23.2 Å². The molecule has 1 atom stereocenters. The van der Waals surface area contributed by atoms with Gasteiger partial charge in [-0.25, -0.2) is 4.79 Å². The lowest BCUT2D eigenvalue weighted by Crippen LogP contribution is -2.25. The van der Waals surface area contributed by atoms with Crippen molar-refractivity contribution in [2.45, 2.75) is 13.0 Å². The molecule has 0 bridgehead atoms. The molecule has 122 valence electrons. The topological polar surface area (TPSA) is 60.3 Å². The van der Waals surface area contributed by atoms with E-state index in [0.717, 1.165) is 0 Å². The highest BCUT2D eigenvalue weighted by molar-refractivity contribution is 6.30. The molecule has 1 N–H and O–H groups in total. The van der Waals surface area contributed by atoms with E-state index in [-0.39, 0.29) is 17.2 Å². The number of benzene rings is 1. The van der Waals surface area contributed by atoms with Gasteiger partial charge in [-0.05, 0) is 30.7 Å². The first-order chi connectivity index (χ1) is 10.9. The van der Waals surface area contributed by atoms with E-state index in [0.29, 0.717) is 16.3 Å². The van der Waals surface area contributed by atoms with Crippen LogP contribution in [0.2, 0.25) is 10.0 Å². The number of ether oxygens (including phenoxy) is 1. The van der Waals surface area contributed by atoms with Gasteiger partial charge in [-0.1, -0.05) is 35.3 Å². The van der Waals surface area contributed by atoms with Gasteiger partial charge in [0.05, 0.1) is 12.3 Å². The van der Waals surface area contributed by atoms with Crippen molar-refractivity contribution in [3.63, 3.8) is 0 Å². The molecule has 0 saturated carbocycles. The quantitative estimate of drug-likeness (QED) is 0.835. The van der Waals surface area contributed by atoms with Crippen molar-refractivity contribution in [3.8, 4) is 0 Å². The second-order valence-corrected chi connectivity index (χ2v) is 5.72. The highest BCUT2D eigenvalue weighted by atomic mass is 35.5. The Morgan fingerprint density at radius 2 is 1.96 bits per heavy atom. The average Bonchev–Trinajstić information content (AvgIpc) is 2.51. The number of hydrogen-bond acceptors (Lipinski definition) is 4. The third kappa shape index (κ3) is 4.27. The Kier molecular flexibility index (Phi) is 5.69. The fourth-order valence-electron chi connectivity index (χ4n) is 2.08. The Bertz CT molecular complexity index is 731. The van der Waals surface area contributed by atoms with Gasteiger partial charge in [0.15, 0.2) is 6.04 Å². The van der Waals surface area contributed by atoms with Gasteiger partial charge in [-0.15, -0.1) is 0 Å². The summed E-state index contributed by atoms with van der Waals surface area (Å²) in [5, 5.41) is 3.68. The average molecular weight is 355 g/mol. The van der Waals surface area contributed by atoms with Gasteiger partial charge in [-0.3, -0.25) is 4.79 Å². The predicted octanol–water partition coefficient (Wildman–Crippen LogP) is 3.41. The zero-order valence-electron chi connectivity index (χ0n) is 12.7. The summed E-state index contributed by atoms with van der Waals surface area (Å²) in [6, 6.07) is 7.60. The monoisotopic (exact) mass is 354 g/mol. The molecule has 0 aliphatic heterocycles. The van der Waals surface area contributed by atoms with Crippen molar-refractivity contribution >= 4 is 34.9 Å². The Morgan fingerprint density at radius 3 is 2.52 bits per heavy atom. The maximum absolute atomic E-state index is 12.3. The maximum Gasteiger partial charge on any atom is 0.333 e. The molecule has 0 saturated heterocycles. The molecule has 1 unspecified atom stereocenters. The van der Waals surface area contributed by atoms with Gasteiger partial charge >= 0.3 is 5.97 Å². The smallest absolute Gasteiger partial charge is 0.333 e. The summed E-state index contributed by atoms with van der Waals surface area (Å²) in [7, 11) is 1.58. The first kappa shape index (κ1) is 17.4. The van der Waals surface area contributed by atoms with E-state index >= 15 is 0 Å². The number of rotatable bonds is 5. The van der Waals surface area contributed by atoms with Crippen LogP contribution in [0.1, 0.15) is 18.5 Å². The van der Waals surface area contributed by atoms with Crippen LogP contribution in [-0.2, 0) is 16.6 Å². The molecule has 0 amide bonds. The molecule has 23 heavy (non-hydrogen) atoms. The zero-order chi connectivity index (χ0) is 17.0. The lowest BCUT2D eigenvalue weighted by Gasteiger charge is -2.19. The van der Waals surface area contributed by atoms with Crippen LogP contribution in [0.25, 0.3) is 0 Å². The van der Waals surface area contributed by atoms with Crippen molar-refractivity contribution in [1.29, 1.82) is 0 Å². The summed E-state index contributed by atoms with van der Waals surface area (Å²) in [5.41, 5.74) is 0.916. The molecule has 5 nitrogen and oxygen atoms in total. The molecule has 1 heterocycles. The minimum atomic E-state index is -0.735. The maximum atomic E-state index is 12.3. The SMILES string of the molecule is CCOC(=O)C(Nc1cc(Cl)c(=O)n(C)c1)c1ccc(Cl)cc1. The minimum absolute atomic E-state index is 0.0659.